The smallest absolute Gasteiger partial charge is 0.414 e. The minimum absolute atomic E-state index is 0.0685. The Morgan fingerprint density at radius 2 is 2.00 bits per heavy atom. The number of piperazine rings is 1. The number of cyclic esters (lactones) is 1. The number of hydrogen-bond acceptors (Lipinski definition) is 9. The number of ether oxygens (including phenoxy) is 2. The number of benzene rings is 1. The van der Waals surface area contributed by atoms with E-state index in [2.05, 4.69) is 25.3 Å². The summed E-state index contributed by atoms with van der Waals surface area (Å²) in [7, 11) is 1.23. The average molecular weight is 569 g/mol. The van der Waals surface area contributed by atoms with Gasteiger partial charge in [-0.15, -0.1) is 0 Å². The van der Waals surface area contributed by atoms with E-state index in [-0.39, 0.29) is 24.7 Å². The van der Waals surface area contributed by atoms with Gasteiger partial charge in [0.1, 0.15) is 23.7 Å². The van der Waals surface area contributed by atoms with Crippen molar-refractivity contribution < 1.29 is 33.0 Å². The largest absolute Gasteiger partial charge is 0.453 e. The lowest BCUT2D eigenvalue weighted by Crippen LogP contribution is -2.54. The van der Waals surface area contributed by atoms with Crippen LogP contribution in [0.3, 0.4) is 0 Å². The topological polar surface area (TPSA) is 151 Å². The summed E-state index contributed by atoms with van der Waals surface area (Å²) in [5.74, 6) is -1.24. The number of aromatic nitrogens is 3. The molecule has 2 aromatic heterocycles. The molecule has 14 nitrogen and oxygen atoms in total. The number of rotatable bonds is 7. The number of anilines is 2. The van der Waals surface area contributed by atoms with Crippen molar-refractivity contribution in [2.75, 3.05) is 56.2 Å². The molecule has 15 heteroatoms. The second-order valence-electron chi connectivity index (χ2n) is 9.60. The van der Waals surface area contributed by atoms with Gasteiger partial charge in [0.05, 0.1) is 37.8 Å². The highest BCUT2D eigenvalue weighted by Gasteiger charge is 2.33. The van der Waals surface area contributed by atoms with Crippen molar-refractivity contribution >= 4 is 41.0 Å². The van der Waals surface area contributed by atoms with Gasteiger partial charge in [0.15, 0.2) is 5.65 Å². The van der Waals surface area contributed by atoms with E-state index in [1.807, 2.05) is 4.90 Å². The fourth-order valence-corrected chi connectivity index (χ4v) is 4.75. The Morgan fingerprint density at radius 1 is 1.22 bits per heavy atom. The Labute approximate surface area is 234 Å². The van der Waals surface area contributed by atoms with Gasteiger partial charge >= 0.3 is 12.2 Å². The number of methoxy groups -OCH3 is 1. The molecule has 4 amide bonds. The van der Waals surface area contributed by atoms with E-state index in [0.29, 0.717) is 43.2 Å². The van der Waals surface area contributed by atoms with Crippen LogP contribution >= 0.6 is 0 Å². The van der Waals surface area contributed by atoms with Crippen LogP contribution in [0.15, 0.2) is 43.0 Å². The second-order valence-corrected chi connectivity index (χ2v) is 9.60. The molecule has 0 saturated carbocycles. The van der Waals surface area contributed by atoms with Gasteiger partial charge in [-0.2, -0.15) is 0 Å². The van der Waals surface area contributed by atoms with Crippen LogP contribution in [0, 0.1) is 5.82 Å². The third-order valence-electron chi connectivity index (χ3n) is 6.92. The van der Waals surface area contributed by atoms with Gasteiger partial charge in [0.25, 0.3) is 5.91 Å². The number of carbonyl (C=O) groups is 4. The number of halogens is 1. The second kappa shape index (κ2) is 11.7. The van der Waals surface area contributed by atoms with E-state index in [1.54, 1.807) is 46.9 Å². The number of hydrogen-bond donors (Lipinski definition) is 2. The van der Waals surface area contributed by atoms with E-state index < -0.39 is 36.1 Å². The van der Waals surface area contributed by atoms with Crippen LogP contribution in [-0.2, 0) is 14.3 Å². The van der Waals surface area contributed by atoms with E-state index >= 15 is 4.39 Å². The minimum Gasteiger partial charge on any atom is -0.453 e. The molecule has 216 valence electrons. The lowest BCUT2D eigenvalue weighted by atomic mass is 10.2. The molecule has 2 saturated heterocycles. The number of alkyl carbamates (subject to hydrolysis) is 1. The third kappa shape index (κ3) is 5.97. The van der Waals surface area contributed by atoms with E-state index in [4.69, 9.17) is 4.74 Å². The SMILES string of the molecule is COC(=O)NCC1CN(c2ccc(N3CCN(C(=O)C(C)NC(=O)c4cn5ccncc5n4)CC3)c(F)c2)C(=O)O1. The van der Waals surface area contributed by atoms with Gasteiger partial charge in [-0.1, -0.05) is 0 Å². The maximum atomic E-state index is 15.1. The highest BCUT2D eigenvalue weighted by Crippen LogP contribution is 2.28. The van der Waals surface area contributed by atoms with Crippen LogP contribution in [0.1, 0.15) is 17.4 Å². The highest BCUT2D eigenvalue weighted by molar-refractivity contribution is 5.96. The zero-order valence-electron chi connectivity index (χ0n) is 22.4. The summed E-state index contributed by atoms with van der Waals surface area (Å²) < 4.78 is 26.6. The van der Waals surface area contributed by atoms with Crippen molar-refractivity contribution in [2.45, 2.75) is 19.1 Å². The summed E-state index contributed by atoms with van der Waals surface area (Å²) >= 11 is 0. The number of amides is 4. The van der Waals surface area contributed by atoms with Crippen LogP contribution in [0.4, 0.5) is 25.4 Å². The first kappa shape index (κ1) is 27.6. The van der Waals surface area contributed by atoms with Crippen molar-refractivity contribution in [2.24, 2.45) is 0 Å². The predicted octanol–water partition coefficient (Wildman–Crippen LogP) is 1.02. The summed E-state index contributed by atoms with van der Waals surface area (Å²) in [6.07, 6.45) is 4.47. The molecule has 0 aliphatic carbocycles. The highest BCUT2D eigenvalue weighted by atomic mass is 19.1. The minimum atomic E-state index is -0.778. The van der Waals surface area contributed by atoms with Gasteiger partial charge in [-0.05, 0) is 25.1 Å². The van der Waals surface area contributed by atoms with Crippen molar-refractivity contribution in [1.82, 2.24) is 29.9 Å². The van der Waals surface area contributed by atoms with Crippen LogP contribution in [-0.4, -0.2) is 102 Å². The van der Waals surface area contributed by atoms with Crippen molar-refractivity contribution in [3.8, 4) is 0 Å². The number of nitrogens with zero attached hydrogens (tertiary/aromatic N) is 6. The van der Waals surface area contributed by atoms with Gasteiger partial charge in [-0.25, -0.2) is 19.0 Å². The van der Waals surface area contributed by atoms with Gasteiger partial charge in [-0.3, -0.25) is 19.5 Å². The van der Waals surface area contributed by atoms with Crippen LogP contribution in [0.25, 0.3) is 5.65 Å². The maximum absolute atomic E-state index is 15.1. The molecule has 41 heavy (non-hydrogen) atoms. The summed E-state index contributed by atoms with van der Waals surface area (Å²) in [6.45, 7) is 3.28. The van der Waals surface area contributed by atoms with E-state index in [1.165, 1.54) is 24.3 Å². The fraction of sp³-hybridized carbons (Fsp3) is 0.385. The summed E-state index contributed by atoms with van der Waals surface area (Å²) in [5.41, 5.74) is 1.37. The summed E-state index contributed by atoms with van der Waals surface area (Å²) in [4.78, 5) is 62.1. The number of imidazole rings is 1. The molecular formula is C26H29FN8O6. The van der Waals surface area contributed by atoms with Gasteiger partial charge in [0.2, 0.25) is 5.91 Å². The Balaban J connectivity index is 1.14. The summed E-state index contributed by atoms with van der Waals surface area (Å²) in [6, 6.07) is 3.69. The van der Waals surface area contributed by atoms with Gasteiger partial charge in [0, 0.05) is 44.8 Å². The molecule has 1 aromatic carbocycles. The summed E-state index contributed by atoms with van der Waals surface area (Å²) in [5, 5.41) is 5.16. The lowest BCUT2D eigenvalue weighted by Gasteiger charge is -2.37. The predicted molar refractivity (Wildman–Crippen MR) is 143 cm³/mol. The van der Waals surface area contributed by atoms with Crippen molar-refractivity contribution in [3.63, 3.8) is 0 Å². The number of nitrogens with one attached hydrogen (secondary N) is 2. The van der Waals surface area contributed by atoms with E-state index in [9.17, 15) is 19.2 Å². The Bertz CT molecular complexity index is 1440. The van der Waals surface area contributed by atoms with Crippen molar-refractivity contribution in [1.29, 1.82) is 0 Å². The maximum Gasteiger partial charge on any atom is 0.414 e. The average Bonchev–Trinajstić information content (AvgIpc) is 3.59. The Hall–Kier alpha value is -4.95. The number of carbonyl (C=O) groups excluding carboxylic acids is 4. The molecule has 2 aliphatic heterocycles. The number of fused-ring (bicyclic) bond motifs is 1. The molecule has 0 spiro atoms. The molecule has 4 heterocycles. The molecule has 5 rings (SSSR count). The van der Waals surface area contributed by atoms with E-state index in [0.717, 1.165) is 0 Å². The first-order chi connectivity index (χ1) is 19.7. The lowest BCUT2D eigenvalue weighted by molar-refractivity contribution is -0.133. The molecule has 2 aliphatic rings. The molecule has 0 radical (unpaired) electrons. The molecule has 2 unspecified atom stereocenters. The molecular weight excluding hydrogens is 539 g/mol. The van der Waals surface area contributed by atoms with Crippen LogP contribution in [0.2, 0.25) is 0 Å². The molecule has 2 fully saturated rings. The molecule has 2 atom stereocenters. The monoisotopic (exact) mass is 568 g/mol. The van der Waals surface area contributed by atoms with Crippen molar-refractivity contribution in [3.05, 3.63) is 54.5 Å². The quantitative estimate of drug-likeness (QED) is 0.426. The zero-order valence-corrected chi connectivity index (χ0v) is 22.4. The van der Waals surface area contributed by atoms with Gasteiger partial charge < -0.3 is 34.3 Å². The van der Waals surface area contributed by atoms with Crippen LogP contribution in [0.5, 0.6) is 0 Å². The normalized spacial score (nSPS) is 17.8. The molecule has 0 bridgehead atoms. The Morgan fingerprint density at radius 3 is 2.71 bits per heavy atom. The third-order valence-corrected chi connectivity index (χ3v) is 6.92. The molecule has 3 aromatic rings. The Kier molecular flexibility index (Phi) is 7.85. The standard InChI is InChI=1S/C26H29FN8O6/c1-16(30-23(36)20-15-34-6-5-28-13-22(34)31-20)24(37)33-9-7-32(8-10-33)21-4-3-17(11-19(21)27)35-14-18(41-26(35)39)12-29-25(38)40-2/h3-6,11,13,15-16,18H,7-10,12,14H2,1-2H3,(H,29,38)(H,30,36). The first-order valence-corrected chi connectivity index (χ1v) is 13.0. The molecule has 2 N–H and O–H groups in total. The van der Waals surface area contributed by atoms with Crippen LogP contribution < -0.4 is 20.4 Å². The zero-order chi connectivity index (χ0) is 29.1. The first-order valence-electron chi connectivity index (χ1n) is 13.0. The fourth-order valence-electron chi connectivity index (χ4n) is 4.75.